The maximum atomic E-state index is 12.2. The molecule has 6 heteroatoms. The van der Waals surface area contributed by atoms with Crippen LogP contribution in [0.3, 0.4) is 0 Å². The fraction of sp³-hybridized carbons (Fsp3) is 0.273. The second-order valence-electron chi connectivity index (χ2n) is 6.41. The van der Waals surface area contributed by atoms with Crippen molar-refractivity contribution < 1.29 is 14.3 Å². The Morgan fingerprint density at radius 3 is 2.39 bits per heavy atom. The standard InChI is InChI=1S/C22H24N2O3S/c1-4-24(5-2)18-12-11-17(13-20-21(25)23(3)22(26)28-20)19(14-18)27-15-16-9-7-6-8-10-16/h6-14H,4-5,15H2,1-3H3/b20-13+. The molecule has 5 nitrogen and oxygen atoms in total. The van der Waals surface area contributed by atoms with Crippen LogP contribution in [0.1, 0.15) is 25.0 Å². The lowest BCUT2D eigenvalue weighted by atomic mass is 10.1. The van der Waals surface area contributed by atoms with Gasteiger partial charge in [-0.2, -0.15) is 0 Å². The Labute approximate surface area is 170 Å². The third kappa shape index (κ3) is 4.39. The molecule has 1 saturated heterocycles. The van der Waals surface area contributed by atoms with Gasteiger partial charge in [0.1, 0.15) is 12.4 Å². The molecule has 0 atom stereocenters. The van der Waals surface area contributed by atoms with Gasteiger partial charge in [-0.05, 0) is 49.4 Å². The number of hydrogen-bond donors (Lipinski definition) is 0. The van der Waals surface area contributed by atoms with Gasteiger partial charge in [-0.15, -0.1) is 0 Å². The molecular weight excluding hydrogens is 372 g/mol. The molecule has 146 valence electrons. The van der Waals surface area contributed by atoms with E-state index in [0.717, 1.165) is 46.6 Å². The highest BCUT2D eigenvalue weighted by molar-refractivity contribution is 8.18. The van der Waals surface area contributed by atoms with Crippen molar-refractivity contribution in [2.75, 3.05) is 25.0 Å². The third-order valence-electron chi connectivity index (χ3n) is 4.64. The van der Waals surface area contributed by atoms with Crippen molar-refractivity contribution >= 4 is 34.7 Å². The summed E-state index contributed by atoms with van der Waals surface area (Å²) >= 11 is 0.952. The van der Waals surface area contributed by atoms with Gasteiger partial charge in [0, 0.05) is 37.5 Å². The first-order chi connectivity index (χ1) is 13.5. The Morgan fingerprint density at radius 2 is 1.79 bits per heavy atom. The summed E-state index contributed by atoms with van der Waals surface area (Å²) in [5.41, 5.74) is 2.91. The predicted molar refractivity (Wildman–Crippen MR) is 115 cm³/mol. The highest BCUT2D eigenvalue weighted by atomic mass is 32.2. The quantitative estimate of drug-likeness (QED) is 0.631. The summed E-state index contributed by atoms with van der Waals surface area (Å²) in [6, 6.07) is 15.9. The predicted octanol–water partition coefficient (Wildman–Crippen LogP) is 4.78. The first-order valence-electron chi connectivity index (χ1n) is 9.30. The Balaban J connectivity index is 1.94. The van der Waals surface area contributed by atoms with E-state index in [0.29, 0.717) is 17.3 Å². The van der Waals surface area contributed by atoms with E-state index in [2.05, 4.69) is 18.7 Å². The van der Waals surface area contributed by atoms with Gasteiger partial charge >= 0.3 is 0 Å². The molecule has 0 spiro atoms. The highest BCUT2D eigenvalue weighted by Gasteiger charge is 2.32. The smallest absolute Gasteiger partial charge is 0.293 e. The Morgan fingerprint density at radius 1 is 1.07 bits per heavy atom. The largest absolute Gasteiger partial charge is 0.488 e. The van der Waals surface area contributed by atoms with Crippen LogP contribution in [-0.2, 0) is 11.4 Å². The average molecular weight is 397 g/mol. The van der Waals surface area contributed by atoms with Crippen molar-refractivity contribution in [3.63, 3.8) is 0 Å². The number of amides is 2. The molecule has 28 heavy (non-hydrogen) atoms. The second kappa shape index (κ2) is 8.97. The summed E-state index contributed by atoms with van der Waals surface area (Å²) in [6.07, 6.45) is 1.74. The number of likely N-dealkylation sites (N-methyl/N-ethyl adjacent to an activating group) is 1. The molecule has 3 rings (SSSR count). The molecule has 0 bridgehead atoms. The molecule has 2 amide bonds. The summed E-state index contributed by atoms with van der Waals surface area (Å²) in [5, 5.41) is -0.261. The van der Waals surface area contributed by atoms with Gasteiger partial charge in [-0.25, -0.2) is 0 Å². The Kier molecular flexibility index (Phi) is 6.41. The Hall–Kier alpha value is -2.73. The fourth-order valence-electron chi connectivity index (χ4n) is 2.97. The minimum Gasteiger partial charge on any atom is -0.488 e. The first kappa shape index (κ1) is 20.0. The first-order valence-corrected chi connectivity index (χ1v) is 10.1. The van der Waals surface area contributed by atoms with Gasteiger partial charge in [-0.1, -0.05) is 30.3 Å². The molecule has 0 unspecified atom stereocenters. The Bertz CT molecular complexity index is 892. The summed E-state index contributed by atoms with van der Waals surface area (Å²) in [7, 11) is 1.49. The molecule has 1 aliphatic rings. The van der Waals surface area contributed by atoms with E-state index in [-0.39, 0.29) is 11.1 Å². The zero-order valence-corrected chi connectivity index (χ0v) is 17.2. The van der Waals surface area contributed by atoms with E-state index in [4.69, 9.17) is 4.74 Å². The monoisotopic (exact) mass is 396 g/mol. The lowest BCUT2D eigenvalue weighted by molar-refractivity contribution is -0.121. The summed E-state index contributed by atoms with van der Waals surface area (Å²) < 4.78 is 6.11. The number of thioether (sulfide) groups is 1. The van der Waals surface area contributed by atoms with Crippen molar-refractivity contribution in [3.05, 3.63) is 64.6 Å². The van der Waals surface area contributed by atoms with E-state index < -0.39 is 0 Å². The van der Waals surface area contributed by atoms with Crippen molar-refractivity contribution in [3.8, 4) is 5.75 Å². The van der Waals surface area contributed by atoms with Crippen molar-refractivity contribution in [2.24, 2.45) is 0 Å². The van der Waals surface area contributed by atoms with E-state index in [1.54, 1.807) is 6.08 Å². The number of nitrogens with zero attached hydrogens (tertiary/aromatic N) is 2. The van der Waals surface area contributed by atoms with Crippen molar-refractivity contribution in [1.29, 1.82) is 0 Å². The number of imide groups is 1. The molecule has 0 saturated carbocycles. The maximum absolute atomic E-state index is 12.2. The summed E-state index contributed by atoms with van der Waals surface area (Å²) in [4.78, 5) is 27.8. The number of benzene rings is 2. The molecule has 2 aromatic rings. The third-order valence-corrected chi connectivity index (χ3v) is 5.60. The van der Waals surface area contributed by atoms with Gasteiger partial charge in [0.25, 0.3) is 11.1 Å². The second-order valence-corrected chi connectivity index (χ2v) is 7.40. The van der Waals surface area contributed by atoms with E-state index in [1.807, 2.05) is 48.5 Å². The molecule has 0 aliphatic carbocycles. The van der Waals surface area contributed by atoms with Gasteiger partial charge in [0.2, 0.25) is 0 Å². The van der Waals surface area contributed by atoms with Gasteiger partial charge < -0.3 is 9.64 Å². The zero-order chi connectivity index (χ0) is 20.1. The SMILES string of the molecule is CCN(CC)c1ccc(/C=C2/SC(=O)N(C)C2=O)c(OCc2ccccc2)c1. The lowest BCUT2D eigenvalue weighted by Gasteiger charge is -2.22. The van der Waals surface area contributed by atoms with Crippen LogP contribution in [0.2, 0.25) is 0 Å². The maximum Gasteiger partial charge on any atom is 0.293 e. The van der Waals surface area contributed by atoms with Crippen LogP contribution in [0.5, 0.6) is 5.75 Å². The van der Waals surface area contributed by atoms with Crippen LogP contribution >= 0.6 is 11.8 Å². The molecule has 2 aromatic carbocycles. The molecule has 0 aromatic heterocycles. The summed E-state index contributed by atoms with van der Waals surface area (Å²) in [6.45, 7) is 6.43. The highest BCUT2D eigenvalue weighted by Crippen LogP contribution is 2.34. The molecule has 1 fully saturated rings. The van der Waals surface area contributed by atoms with Crippen LogP contribution in [0, 0.1) is 0 Å². The van der Waals surface area contributed by atoms with Crippen LogP contribution in [0.4, 0.5) is 10.5 Å². The van der Waals surface area contributed by atoms with Gasteiger partial charge in [-0.3, -0.25) is 14.5 Å². The number of ether oxygens (including phenoxy) is 1. The van der Waals surface area contributed by atoms with Crippen LogP contribution in [0.15, 0.2) is 53.4 Å². The topological polar surface area (TPSA) is 49.9 Å². The van der Waals surface area contributed by atoms with Crippen LogP contribution in [0.25, 0.3) is 6.08 Å². The number of anilines is 1. The summed E-state index contributed by atoms with van der Waals surface area (Å²) in [5.74, 6) is 0.410. The van der Waals surface area contributed by atoms with Crippen LogP contribution in [-0.4, -0.2) is 36.2 Å². The van der Waals surface area contributed by atoms with Gasteiger partial charge in [0.15, 0.2) is 0 Å². The lowest BCUT2D eigenvalue weighted by Crippen LogP contribution is -2.22. The number of carbonyl (C=O) groups is 2. The minimum absolute atomic E-state index is 0.261. The fourth-order valence-corrected chi connectivity index (χ4v) is 3.79. The minimum atomic E-state index is -0.281. The zero-order valence-electron chi connectivity index (χ0n) is 16.3. The van der Waals surface area contributed by atoms with Crippen molar-refractivity contribution in [1.82, 2.24) is 4.90 Å². The number of rotatable bonds is 7. The molecule has 1 heterocycles. The van der Waals surface area contributed by atoms with E-state index in [1.165, 1.54) is 7.05 Å². The average Bonchev–Trinajstić information content (AvgIpc) is 2.96. The normalized spacial score (nSPS) is 15.4. The van der Waals surface area contributed by atoms with Crippen molar-refractivity contribution in [2.45, 2.75) is 20.5 Å². The number of carbonyl (C=O) groups excluding carboxylic acids is 2. The van der Waals surface area contributed by atoms with E-state index in [9.17, 15) is 9.59 Å². The van der Waals surface area contributed by atoms with Gasteiger partial charge in [0.05, 0.1) is 4.91 Å². The molecule has 0 N–H and O–H groups in total. The van der Waals surface area contributed by atoms with Crippen LogP contribution < -0.4 is 9.64 Å². The molecule has 0 radical (unpaired) electrons. The number of hydrogen-bond acceptors (Lipinski definition) is 5. The van der Waals surface area contributed by atoms with E-state index >= 15 is 0 Å². The molecule has 1 aliphatic heterocycles. The molecular formula is C22H24N2O3S.